The lowest BCUT2D eigenvalue weighted by Gasteiger charge is -2.16. The summed E-state index contributed by atoms with van der Waals surface area (Å²) in [5.41, 5.74) is 0. The van der Waals surface area contributed by atoms with E-state index in [1.54, 1.807) is 14.0 Å². The molecule has 2 atom stereocenters. The van der Waals surface area contributed by atoms with Crippen molar-refractivity contribution >= 4 is 17.8 Å². The molecular weight excluding hydrogens is 224 g/mol. The van der Waals surface area contributed by atoms with Gasteiger partial charge in [0.15, 0.2) is 0 Å². The average Bonchev–Trinajstić information content (AvgIpc) is 2.56. The van der Waals surface area contributed by atoms with Gasteiger partial charge in [-0.05, 0) is 13.3 Å². The van der Waals surface area contributed by atoms with Gasteiger partial charge in [-0.15, -0.1) is 0 Å². The predicted molar refractivity (Wildman–Crippen MR) is 60.2 cm³/mol. The molecule has 0 aliphatic carbocycles. The van der Waals surface area contributed by atoms with Gasteiger partial charge in [0.25, 0.3) is 0 Å². The van der Waals surface area contributed by atoms with Crippen LogP contribution in [0.25, 0.3) is 0 Å². The lowest BCUT2D eigenvalue weighted by atomic mass is 10.1. The molecule has 17 heavy (non-hydrogen) atoms. The van der Waals surface area contributed by atoms with Gasteiger partial charge >= 0.3 is 5.97 Å². The Kier molecular flexibility index (Phi) is 4.48. The predicted octanol–water partition coefficient (Wildman–Crippen LogP) is -0.166. The quantitative estimate of drug-likeness (QED) is 0.701. The summed E-state index contributed by atoms with van der Waals surface area (Å²) in [4.78, 5) is 34.9. The van der Waals surface area contributed by atoms with E-state index >= 15 is 0 Å². The Morgan fingerprint density at radius 2 is 2.24 bits per heavy atom. The van der Waals surface area contributed by atoms with Crippen LogP contribution in [0.5, 0.6) is 0 Å². The highest BCUT2D eigenvalue weighted by Gasteiger charge is 2.32. The summed E-state index contributed by atoms with van der Waals surface area (Å²) in [6, 6.07) is -0.181. The van der Waals surface area contributed by atoms with Crippen LogP contribution in [0, 0.1) is 5.92 Å². The highest BCUT2D eigenvalue weighted by Crippen LogP contribution is 2.16. The number of carboxylic acids is 1. The Morgan fingerprint density at radius 3 is 2.71 bits per heavy atom. The topological polar surface area (TPSA) is 86.7 Å². The third-order valence-corrected chi connectivity index (χ3v) is 2.89. The van der Waals surface area contributed by atoms with E-state index in [1.165, 1.54) is 4.90 Å². The van der Waals surface area contributed by atoms with Crippen LogP contribution in [-0.4, -0.2) is 47.4 Å². The van der Waals surface area contributed by atoms with Crippen molar-refractivity contribution in [3.8, 4) is 0 Å². The molecule has 1 heterocycles. The van der Waals surface area contributed by atoms with Crippen LogP contribution in [0.2, 0.25) is 0 Å². The number of carbonyl (C=O) groups is 3. The van der Waals surface area contributed by atoms with Crippen molar-refractivity contribution in [3.05, 3.63) is 0 Å². The maximum absolute atomic E-state index is 11.8. The smallest absolute Gasteiger partial charge is 0.303 e. The highest BCUT2D eigenvalue weighted by molar-refractivity contribution is 5.89. The number of nitrogens with zero attached hydrogens (tertiary/aromatic N) is 1. The molecule has 1 saturated heterocycles. The van der Waals surface area contributed by atoms with Crippen LogP contribution < -0.4 is 5.32 Å². The molecule has 1 aliphatic rings. The average molecular weight is 242 g/mol. The Hall–Kier alpha value is -1.59. The number of rotatable bonds is 5. The number of aliphatic carboxylic acids is 1. The van der Waals surface area contributed by atoms with E-state index in [2.05, 4.69) is 5.32 Å². The summed E-state index contributed by atoms with van der Waals surface area (Å²) in [6.45, 7) is 2.21. The molecule has 2 unspecified atom stereocenters. The molecule has 0 spiro atoms. The largest absolute Gasteiger partial charge is 0.481 e. The standard InChI is InChI=1S/C11H18N2O4/c1-7(3-4-10(15)16)12-11(17)8-5-9(14)13(2)6-8/h7-8H,3-6H2,1-2H3,(H,12,17)(H,15,16). The van der Waals surface area contributed by atoms with Crippen LogP contribution in [0.1, 0.15) is 26.2 Å². The molecule has 6 heteroatoms. The highest BCUT2D eigenvalue weighted by atomic mass is 16.4. The summed E-state index contributed by atoms with van der Waals surface area (Å²) in [5, 5.41) is 11.3. The molecule has 0 bridgehead atoms. The van der Waals surface area contributed by atoms with Gasteiger partial charge in [0, 0.05) is 32.5 Å². The van der Waals surface area contributed by atoms with Gasteiger partial charge in [0.2, 0.25) is 11.8 Å². The zero-order chi connectivity index (χ0) is 13.0. The van der Waals surface area contributed by atoms with Gasteiger partial charge in [-0.2, -0.15) is 0 Å². The van der Waals surface area contributed by atoms with Crippen molar-refractivity contribution in [1.29, 1.82) is 0 Å². The molecule has 96 valence electrons. The minimum atomic E-state index is -0.873. The molecule has 0 saturated carbocycles. The number of hydrogen-bond acceptors (Lipinski definition) is 3. The Bertz CT molecular complexity index is 329. The van der Waals surface area contributed by atoms with Crippen molar-refractivity contribution in [2.45, 2.75) is 32.2 Å². The van der Waals surface area contributed by atoms with E-state index < -0.39 is 5.97 Å². The van der Waals surface area contributed by atoms with Crippen LogP contribution in [0.3, 0.4) is 0 Å². The number of nitrogens with one attached hydrogen (secondary N) is 1. The molecule has 2 N–H and O–H groups in total. The van der Waals surface area contributed by atoms with Crippen LogP contribution in [0.15, 0.2) is 0 Å². The van der Waals surface area contributed by atoms with Crippen LogP contribution >= 0.6 is 0 Å². The van der Waals surface area contributed by atoms with Crippen molar-refractivity contribution in [2.75, 3.05) is 13.6 Å². The Labute approximate surface area is 100.0 Å². The lowest BCUT2D eigenvalue weighted by molar-refractivity contribution is -0.137. The second-order valence-electron chi connectivity index (χ2n) is 4.52. The molecule has 1 fully saturated rings. The van der Waals surface area contributed by atoms with Crippen molar-refractivity contribution in [1.82, 2.24) is 10.2 Å². The first-order chi connectivity index (χ1) is 7.90. The Morgan fingerprint density at radius 1 is 1.59 bits per heavy atom. The number of likely N-dealkylation sites (tertiary alicyclic amines) is 1. The minimum Gasteiger partial charge on any atom is -0.481 e. The van der Waals surface area contributed by atoms with E-state index in [1.807, 2.05) is 0 Å². The third-order valence-electron chi connectivity index (χ3n) is 2.89. The fourth-order valence-electron chi connectivity index (χ4n) is 1.81. The molecule has 0 aromatic heterocycles. The fraction of sp³-hybridized carbons (Fsp3) is 0.727. The van der Waals surface area contributed by atoms with E-state index in [-0.39, 0.29) is 36.6 Å². The maximum Gasteiger partial charge on any atom is 0.303 e. The first kappa shape index (κ1) is 13.5. The number of carbonyl (C=O) groups excluding carboxylic acids is 2. The zero-order valence-corrected chi connectivity index (χ0v) is 10.1. The Balaban J connectivity index is 2.34. The van der Waals surface area contributed by atoms with Gasteiger partial charge in [0.05, 0.1) is 5.92 Å². The summed E-state index contributed by atoms with van der Waals surface area (Å²) >= 11 is 0. The SMILES string of the molecule is CC(CCC(=O)O)NC(=O)C1CC(=O)N(C)C1. The fourth-order valence-corrected chi connectivity index (χ4v) is 1.81. The van der Waals surface area contributed by atoms with Gasteiger partial charge in [-0.1, -0.05) is 0 Å². The van der Waals surface area contributed by atoms with E-state index in [9.17, 15) is 14.4 Å². The number of hydrogen-bond donors (Lipinski definition) is 2. The van der Waals surface area contributed by atoms with Crippen LogP contribution in [0.4, 0.5) is 0 Å². The first-order valence-corrected chi connectivity index (χ1v) is 5.66. The van der Waals surface area contributed by atoms with Crippen LogP contribution in [-0.2, 0) is 14.4 Å². The number of amides is 2. The second kappa shape index (κ2) is 5.65. The third kappa shape index (κ3) is 4.05. The van der Waals surface area contributed by atoms with E-state index in [4.69, 9.17) is 5.11 Å². The van der Waals surface area contributed by atoms with Gasteiger partial charge in [-0.3, -0.25) is 14.4 Å². The summed E-state index contributed by atoms with van der Waals surface area (Å²) in [5.74, 6) is -1.37. The molecule has 1 rings (SSSR count). The molecule has 0 radical (unpaired) electrons. The minimum absolute atomic E-state index is 0.0247. The van der Waals surface area contributed by atoms with E-state index in [0.29, 0.717) is 13.0 Å². The zero-order valence-electron chi connectivity index (χ0n) is 10.1. The van der Waals surface area contributed by atoms with Crippen molar-refractivity contribution < 1.29 is 19.5 Å². The molecule has 1 aliphatic heterocycles. The molecule has 2 amide bonds. The van der Waals surface area contributed by atoms with Crippen molar-refractivity contribution in [2.24, 2.45) is 5.92 Å². The van der Waals surface area contributed by atoms with Gasteiger partial charge in [0.1, 0.15) is 0 Å². The second-order valence-corrected chi connectivity index (χ2v) is 4.52. The van der Waals surface area contributed by atoms with Crippen molar-refractivity contribution in [3.63, 3.8) is 0 Å². The molecular formula is C11H18N2O4. The molecule has 6 nitrogen and oxygen atoms in total. The molecule has 0 aromatic rings. The van der Waals surface area contributed by atoms with E-state index in [0.717, 1.165) is 0 Å². The summed E-state index contributed by atoms with van der Waals surface area (Å²) in [7, 11) is 1.67. The lowest BCUT2D eigenvalue weighted by Crippen LogP contribution is -2.38. The maximum atomic E-state index is 11.8. The number of carboxylic acid groups (broad SMARTS) is 1. The summed E-state index contributed by atoms with van der Waals surface area (Å²) < 4.78 is 0. The molecule has 0 aromatic carbocycles. The van der Waals surface area contributed by atoms with Gasteiger partial charge < -0.3 is 15.3 Å². The monoisotopic (exact) mass is 242 g/mol. The normalized spacial score (nSPS) is 21.4. The van der Waals surface area contributed by atoms with Gasteiger partial charge in [-0.25, -0.2) is 0 Å². The first-order valence-electron chi connectivity index (χ1n) is 5.66. The summed E-state index contributed by atoms with van der Waals surface area (Å²) in [6.07, 6.45) is 0.677.